The van der Waals surface area contributed by atoms with Gasteiger partial charge in [0.15, 0.2) is 5.13 Å². The number of nitrogens with zero attached hydrogens (tertiary/aromatic N) is 1. The number of halogens is 1. The molecule has 1 N–H and O–H groups in total. The predicted molar refractivity (Wildman–Crippen MR) is 55.4 cm³/mol. The molecule has 0 aliphatic heterocycles. The molecule has 0 aliphatic carbocycles. The summed E-state index contributed by atoms with van der Waals surface area (Å²) in [4.78, 5) is 5.30. The van der Waals surface area contributed by atoms with E-state index in [1.807, 2.05) is 7.05 Å². The Balaban J connectivity index is 3.08. The minimum Gasteiger partial charge on any atom is -0.365 e. The maximum Gasteiger partial charge on any atom is 0.184 e. The highest BCUT2D eigenvalue weighted by Gasteiger charge is 2.21. The molecule has 1 aromatic rings. The van der Waals surface area contributed by atoms with E-state index in [9.17, 15) is 0 Å². The first-order valence-corrected chi connectivity index (χ1v) is 4.99. The minimum absolute atomic E-state index is 0.0872. The highest BCUT2D eigenvalue weighted by molar-refractivity contribution is 7.16. The van der Waals surface area contributed by atoms with Crippen LogP contribution < -0.4 is 5.32 Å². The summed E-state index contributed by atoms with van der Waals surface area (Å²) in [6.07, 6.45) is 0. The third-order valence-corrected chi connectivity index (χ3v) is 3.37. The fourth-order valence-corrected chi connectivity index (χ4v) is 2.27. The average molecular weight is 205 g/mol. The summed E-state index contributed by atoms with van der Waals surface area (Å²) < 4.78 is 0. The zero-order valence-electron chi connectivity index (χ0n) is 7.73. The lowest BCUT2D eigenvalue weighted by Gasteiger charge is -2.15. The molecule has 0 saturated carbocycles. The molecule has 0 radical (unpaired) electrons. The van der Waals surface area contributed by atoms with E-state index in [1.54, 1.807) is 11.3 Å². The highest BCUT2D eigenvalue weighted by atomic mass is 35.5. The predicted octanol–water partition coefficient (Wildman–Crippen LogP) is 3.14. The van der Waals surface area contributed by atoms with Crippen LogP contribution in [0.5, 0.6) is 0 Å². The molecule has 0 aliphatic rings. The van der Waals surface area contributed by atoms with Crippen LogP contribution in [0.1, 0.15) is 25.6 Å². The van der Waals surface area contributed by atoms with Crippen LogP contribution in [0.25, 0.3) is 0 Å². The zero-order chi connectivity index (χ0) is 9.35. The number of aromatic nitrogens is 1. The summed E-state index contributed by atoms with van der Waals surface area (Å²) in [5.74, 6) is 0. The Morgan fingerprint density at radius 2 is 2.00 bits per heavy atom. The molecular formula is C8H13ClN2S. The second-order valence-corrected chi connectivity index (χ2v) is 5.00. The molecule has 2 nitrogen and oxygen atoms in total. The molecule has 12 heavy (non-hydrogen) atoms. The summed E-state index contributed by atoms with van der Waals surface area (Å²) in [7, 11) is 1.85. The van der Waals surface area contributed by atoms with E-state index in [4.69, 9.17) is 11.6 Å². The van der Waals surface area contributed by atoms with Crippen LogP contribution in [-0.2, 0) is 5.41 Å². The van der Waals surface area contributed by atoms with E-state index in [0.29, 0.717) is 5.15 Å². The number of hydrogen-bond donors (Lipinski definition) is 1. The van der Waals surface area contributed by atoms with Gasteiger partial charge in [0.2, 0.25) is 0 Å². The molecule has 68 valence electrons. The van der Waals surface area contributed by atoms with Gasteiger partial charge >= 0.3 is 0 Å². The highest BCUT2D eigenvalue weighted by Crippen LogP contribution is 2.36. The monoisotopic (exact) mass is 204 g/mol. The van der Waals surface area contributed by atoms with E-state index < -0.39 is 0 Å². The second-order valence-electron chi connectivity index (χ2n) is 3.64. The van der Waals surface area contributed by atoms with Crippen LogP contribution in [0, 0.1) is 0 Å². The summed E-state index contributed by atoms with van der Waals surface area (Å²) in [5, 5.41) is 4.48. The quantitative estimate of drug-likeness (QED) is 0.761. The van der Waals surface area contributed by atoms with Crippen molar-refractivity contribution in [3.8, 4) is 0 Å². The molecule has 1 heterocycles. The zero-order valence-corrected chi connectivity index (χ0v) is 9.31. The van der Waals surface area contributed by atoms with Crippen LogP contribution in [0.15, 0.2) is 0 Å². The van der Waals surface area contributed by atoms with Crippen LogP contribution in [-0.4, -0.2) is 12.0 Å². The number of nitrogens with one attached hydrogen (secondary N) is 1. The van der Waals surface area contributed by atoms with Gasteiger partial charge in [-0.2, -0.15) is 0 Å². The van der Waals surface area contributed by atoms with Gasteiger partial charge in [-0.25, -0.2) is 4.98 Å². The Kier molecular flexibility index (Phi) is 2.64. The van der Waals surface area contributed by atoms with Crippen molar-refractivity contribution in [3.63, 3.8) is 0 Å². The molecule has 0 fully saturated rings. The Labute approximate surface area is 82.0 Å². The third kappa shape index (κ3) is 1.90. The molecule has 1 aromatic heterocycles. The van der Waals surface area contributed by atoms with Gasteiger partial charge in [0.25, 0.3) is 0 Å². The van der Waals surface area contributed by atoms with E-state index in [0.717, 1.165) is 10.0 Å². The molecule has 0 saturated heterocycles. The molecule has 0 amide bonds. The first-order valence-electron chi connectivity index (χ1n) is 3.79. The van der Waals surface area contributed by atoms with Gasteiger partial charge in [-0.1, -0.05) is 43.7 Å². The van der Waals surface area contributed by atoms with Crippen molar-refractivity contribution in [1.29, 1.82) is 0 Å². The van der Waals surface area contributed by atoms with Crippen molar-refractivity contribution in [2.24, 2.45) is 0 Å². The van der Waals surface area contributed by atoms with Crippen LogP contribution in [0.2, 0.25) is 5.15 Å². The van der Waals surface area contributed by atoms with Gasteiger partial charge in [-0.05, 0) is 5.41 Å². The summed E-state index contributed by atoms with van der Waals surface area (Å²) >= 11 is 7.58. The third-order valence-electron chi connectivity index (χ3n) is 1.48. The summed E-state index contributed by atoms with van der Waals surface area (Å²) in [6.45, 7) is 6.39. The van der Waals surface area contributed by atoms with Gasteiger partial charge in [0, 0.05) is 7.05 Å². The average Bonchev–Trinajstić information content (AvgIpc) is 2.29. The lowest BCUT2D eigenvalue weighted by molar-refractivity contribution is 0.602. The van der Waals surface area contributed by atoms with Gasteiger partial charge in [0.05, 0.1) is 4.88 Å². The number of rotatable bonds is 1. The van der Waals surface area contributed by atoms with Crippen molar-refractivity contribution in [2.75, 3.05) is 12.4 Å². The van der Waals surface area contributed by atoms with E-state index >= 15 is 0 Å². The minimum atomic E-state index is 0.0872. The normalized spacial score (nSPS) is 11.8. The van der Waals surface area contributed by atoms with E-state index in [2.05, 4.69) is 31.1 Å². The van der Waals surface area contributed by atoms with Crippen molar-refractivity contribution in [2.45, 2.75) is 26.2 Å². The standard InChI is InChI=1S/C8H13ClN2S/c1-8(2,3)5-6(9)11-7(10-4)12-5/h1-4H3,(H,10,11). The number of thiazole rings is 1. The van der Waals surface area contributed by atoms with Crippen LogP contribution in [0.4, 0.5) is 5.13 Å². The number of anilines is 1. The maximum absolute atomic E-state index is 5.97. The molecule has 1 rings (SSSR count). The lowest BCUT2D eigenvalue weighted by Crippen LogP contribution is -2.08. The number of hydrogen-bond acceptors (Lipinski definition) is 3. The van der Waals surface area contributed by atoms with Crippen molar-refractivity contribution in [3.05, 3.63) is 10.0 Å². The smallest absolute Gasteiger partial charge is 0.184 e. The fraction of sp³-hybridized carbons (Fsp3) is 0.625. The first-order chi connectivity index (χ1) is 5.45. The molecule has 0 unspecified atom stereocenters. The van der Waals surface area contributed by atoms with Gasteiger partial charge in [-0.15, -0.1) is 0 Å². The van der Waals surface area contributed by atoms with Crippen LogP contribution in [0.3, 0.4) is 0 Å². The fourth-order valence-electron chi connectivity index (χ4n) is 0.871. The van der Waals surface area contributed by atoms with Crippen molar-refractivity contribution < 1.29 is 0 Å². The molecule has 0 bridgehead atoms. The molecule has 0 spiro atoms. The Morgan fingerprint density at radius 3 is 2.25 bits per heavy atom. The van der Waals surface area contributed by atoms with Gasteiger partial charge < -0.3 is 5.32 Å². The Bertz CT molecular complexity index is 275. The summed E-state index contributed by atoms with van der Waals surface area (Å²) in [6, 6.07) is 0. The van der Waals surface area contributed by atoms with Crippen LogP contribution >= 0.6 is 22.9 Å². The maximum atomic E-state index is 5.97. The SMILES string of the molecule is CNc1nc(Cl)c(C(C)(C)C)s1. The lowest BCUT2D eigenvalue weighted by atomic mass is 9.95. The second kappa shape index (κ2) is 3.23. The van der Waals surface area contributed by atoms with E-state index in [-0.39, 0.29) is 5.41 Å². The van der Waals surface area contributed by atoms with Gasteiger partial charge in [0.1, 0.15) is 5.15 Å². The van der Waals surface area contributed by atoms with Crippen molar-refractivity contribution >= 4 is 28.1 Å². The van der Waals surface area contributed by atoms with Crippen molar-refractivity contribution in [1.82, 2.24) is 4.98 Å². The van der Waals surface area contributed by atoms with E-state index in [1.165, 1.54) is 0 Å². The summed E-state index contributed by atoms with van der Waals surface area (Å²) in [5.41, 5.74) is 0.0872. The largest absolute Gasteiger partial charge is 0.365 e. The topological polar surface area (TPSA) is 24.9 Å². The molecular weight excluding hydrogens is 192 g/mol. The molecule has 4 heteroatoms. The molecule has 0 atom stereocenters. The Morgan fingerprint density at radius 1 is 1.42 bits per heavy atom. The van der Waals surface area contributed by atoms with Gasteiger partial charge in [-0.3, -0.25) is 0 Å². The molecule has 0 aromatic carbocycles. The first kappa shape index (κ1) is 9.81. The Hall–Kier alpha value is -0.280.